The Bertz CT molecular complexity index is 910. The second-order valence-electron chi connectivity index (χ2n) is 6.50. The van der Waals surface area contributed by atoms with Crippen LogP contribution in [-0.4, -0.2) is 31.3 Å². The zero-order valence-electron chi connectivity index (χ0n) is 15.4. The number of nitrogens with one attached hydrogen (secondary N) is 5. The summed E-state index contributed by atoms with van der Waals surface area (Å²) in [5.74, 6) is 0.591. The van der Waals surface area contributed by atoms with Gasteiger partial charge in [0.25, 0.3) is 0 Å². The smallest absolute Gasteiger partial charge is 0.454 e. The number of carbonyl (C=O) groups excluding carboxylic acids is 1. The molecule has 0 saturated carbocycles. The van der Waals surface area contributed by atoms with Gasteiger partial charge in [0.15, 0.2) is 11.5 Å². The molecule has 2 aromatic carbocycles. The van der Waals surface area contributed by atoms with E-state index in [1.54, 1.807) is 0 Å². The molecule has 2 aliphatic rings. The zero-order valence-corrected chi connectivity index (χ0v) is 15.4. The summed E-state index contributed by atoms with van der Waals surface area (Å²) in [5.41, 5.74) is 9.65. The van der Waals surface area contributed by atoms with Gasteiger partial charge in [-0.25, -0.2) is 10.9 Å². The van der Waals surface area contributed by atoms with Gasteiger partial charge in [-0.15, -0.1) is 13.2 Å². The average Bonchev–Trinajstić information content (AvgIpc) is 3.35. The van der Waals surface area contributed by atoms with Crippen LogP contribution in [0, 0.1) is 0 Å². The van der Waals surface area contributed by atoms with Gasteiger partial charge in [0, 0.05) is 12.2 Å². The Morgan fingerprint density at radius 3 is 2.63 bits per heavy atom. The van der Waals surface area contributed by atoms with Crippen LogP contribution in [0.5, 0.6) is 17.2 Å². The minimum atomic E-state index is -4.77. The van der Waals surface area contributed by atoms with Crippen LogP contribution in [0.4, 0.5) is 18.9 Å². The number of ether oxygens (including phenoxy) is 3. The highest BCUT2D eigenvalue weighted by Crippen LogP contribution is 2.32. The predicted octanol–water partition coefficient (Wildman–Crippen LogP) is 1.35. The van der Waals surface area contributed by atoms with Crippen LogP contribution in [0.2, 0.25) is 0 Å². The van der Waals surface area contributed by atoms with Crippen LogP contribution in [-0.2, 0) is 11.3 Å². The van der Waals surface area contributed by atoms with E-state index in [9.17, 15) is 18.0 Å². The van der Waals surface area contributed by atoms with Crippen molar-refractivity contribution in [1.29, 1.82) is 0 Å². The van der Waals surface area contributed by atoms with Crippen molar-refractivity contribution in [3.8, 4) is 17.2 Å². The van der Waals surface area contributed by atoms with E-state index in [2.05, 4.69) is 31.8 Å². The first-order chi connectivity index (χ1) is 14.4. The van der Waals surface area contributed by atoms with Crippen molar-refractivity contribution < 1.29 is 32.2 Å². The van der Waals surface area contributed by atoms with Gasteiger partial charge < -0.3 is 19.5 Å². The van der Waals surface area contributed by atoms with Crippen LogP contribution >= 0.6 is 0 Å². The summed E-state index contributed by atoms with van der Waals surface area (Å²) in [6, 6.07) is 9.75. The van der Waals surface area contributed by atoms with Crippen LogP contribution in [0.1, 0.15) is 5.56 Å². The van der Waals surface area contributed by atoms with E-state index < -0.39 is 18.6 Å². The van der Waals surface area contributed by atoms with Gasteiger partial charge in [0.1, 0.15) is 11.8 Å². The summed E-state index contributed by atoms with van der Waals surface area (Å²) in [7, 11) is 0. The maximum atomic E-state index is 12.6. The van der Waals surface area contributed by atoms with E-state index >= 15 is 0 Å². The molecule has 1 saturated heterocycles. The number of fused-ring (bicyclic) bond motifs is 1. The topological polar surface area (TPSA) is 105 Å². The van der Waals surface area contributed by atoms with Crippen molar-refractivity contribution in [3.05, 3.63) is 48.0 Å². The summed E-state index contributed by atoms with van der Waals surface area (Å²) < 4.78 is 51.1. The van der Waals surface area contributed by atoms with E-state index in [1.807, 2.05) is 18.2 Å². The molecule has 5 N–H and O–H groups in total. The first-order valence-electron chi connectivity index (χ1n) is 8.92. The van der Waals surface area contributed by atoms with Crippen molar-refractivity contribution in [1.82, 2.24) is 21.7 Å². The molecular formula is C18H18F3N5O4. The van der Waals surface area contributed by atoms with E-state index in [0.717, 1.165) is 17.7 Å². The molecule has 12 heteroatoms. The zero-order chi connectivity index (χ0) is 21.1. The summed E-state index contributed by atoms with van der Waals surface area (Å²) in [5, 5.41) is 5.84. The monoisotopic (exact) mass is 425 g/mol. The molecule has 0 bridgehead atoms. The van der Waals surface area contributed by atoms with Crippen molar-refractivity contribution in [2.45, 2.75) is 25.1 Å². The Kier molecular flexibility index (Phi) is 5.63. The third-order valence-electron chi connectivity index (χ3n) is 4.39. The highest BCUT2D eigenvalue weighted by Gasteiger charge is 2.33. The molecule has 2 atom stereocenters. The molecule has 0 spiro atoms. The lowest BCUT2D eigenvalue weighted by molar-refractivity contribution is -0.274. The van der Waals surface area contributed by atoms with Crippen molar-refractivity contribution in [2.75, 3.05) is 12.1 Å². The number of alkyl halides is 3. The maximum absolute atomic E-state index is 12.6. The molecule has 2 aliphatic heterocycles. The van der Waals surface area contributed by atoms with E-state index in [-0.39, 0.29) is 18.4 Å². The lowest BCUT2D eigenvalue weighted by atomic mass is 10.1. The molecule has 4 rings (SSSR count). The molecule has 9 nitrogen and oxygen atoms in total. The number of benzene rings is 2. The highest BCUT2D eigenvalue weighted by atomic mass is 19.4. The fourth-order valence-electron chi connectivity index (χ4n) is 2.99. The van der Waals surface area contributed by atoms with E-state index in [1.165, 1.54) is 12.1 Å². The maximum Gasteiger partial charge on any atom is 0.573 e. The minimum Gasteiger partial charge on any atom is -0.454 e. The third-order valence-corrected chi connectivity index (χ3v) is 4.39. The molecule has 30 heavy (non-hydrogen) atoms. The summed E-state index contributed by atoms with van der Waals surface area (Å²) in [6.07, 6.45) is -5.23. The van der Waals surface area contributed by atoms with Gasteiger partial charge in [-0.2, -0.15) is 5.53 Å². The van der Waals surface area contributed by atoms with Crippen LogP contribution in [0.25, 0.3) is 0 Å². The number of hydrazine groups is 2. The first kappa shape index (κ1) is 20.2. The lowest BCUT2D eigenvalue weighted by Gasteiger charge is -2.19. The molecule has 2 heterocycles. The van der Waals surface area contributed by atoms with Gasteiger partial charge in [0.05, 0.1) is 6.17 Å². The first-order valence-corrected chi connectivity index (χ1v) is 8.92. The number of rotatable bonds is 6. The van der Waals surface area contributed by atoms with Gasteiger partial charge in [0.2, 0.25) is 12.7 Å². The fraction of sp³-hybridized carbons (Fsp3) is 0.278. The van der Waals surface area contributed by atoms with Gasteiger partial charge in [-0.1, -0.05) is 6.07 Å². The van der Waals surface area contributed by atoms with Gasteiger partial charge in [-0.05, 0) is 42.0 Å². The van der Waals surface area contributed by atoms with Crippen molar-refractivity contribution >= 4 is 11.6 Å². The molecule has 160 valence electrons. The van der Waals surface area contributed by atoms with E-state index in [4.69, 9.17) is 9.47 Å². The van der Waals surface area contributed by atoms with Crippen LogP contribution in [0.3, 0.4) is 0 Å². The summed E-state index contributed by atoms with van der Waals surface area (Å²) >= 11 is 0. The molecule has 2 aromatic rings. The van der Waals surface area contributed by atoms with Crippen LogP contribution in [0.15, 0.2) is 42.5 Å². The van der Waals surface area contributed by atoms with E-state index in [0.29, 0.717) is 23.7 Å². The second kappa shape index (κ2) is 8.36. The normalized spacial score (nSPS) is 20.2. The SMILES string of the molecule is O=C(Nc1ccc(OC(F)(F)F)cc1)C1NNNC1NCc1ccc2c(c1)OCO2. The number of hydrogen-bond acceptors (Lipinski definition) is 8. The number of amides is 1. The molecule has 0 aliphatic carbocycles. The molecule has 1 amide bonds. The Labute approximate surface area is 168 Å². The minimum absolute atomic E-state index is 0.190. The Balaban J connectivity index is 1.32. The largest absolute Gasteiger partial charge is 0.573 e. The van der Waals surface area contributed by atoms with Crippen molar-refractivity contribution in [3.63, 3.8) is 0 Å². The Hall–Kier alpha value is -3.06. The Morgan fingerprint density at radius 2 is 1.87 bits per heavy atom. The predicted molar refractivity (Wildman–Crippen MR) is 98.1 cm³/mol. The summed E-state index contributed by atoms with van der Waals surface area (Å²) in [6.45, 7) is 0.640. The summed E-state index contributed by atoms with van der Waals surface area (Å²) in [4.78, 5) is 12.6. The average molecular weight is 425 g/mol. The highest BCUT2D eigenvalue weighted by molar-refractivity contribution is 5.95. The molecule has 2 unspecified atom stereocenters. The number of hydrogen-bond donors (Lipinski definition) is 5. The van der Waals surface area contributed by atoms with Gasteiger partial charge in [-0.3, -0.25) is 10.1 Å². The molecule has 0 aromatic heterocycles. The lowest BCUT2D eigenvalue weighted by Crippen LogP contribution is -2.51. The van der Waals surface area contributed by atoms with Crippen LogP contribution < -0.4 is 41.2 Å². The second-order valence-corrected chi connectivity index (χ2v) is 6.50. The number of halogens is 3. The quantitative estimate of drug-likeness (QED) is 0.473. The molecule has 1 fully saturated rings. The fourth-order valence-corrected chi connectivity index (χ4v) is 2.99. The molecule has 0 radical (unpaired) electrons. The third kappa shape index (κ3) is 4.91. The standard InChI is InChI=1S/C18H18F3N5O4/c19-18(20,21)30-12-4-2-11(3-5-12)23-17(27)15-16(25-26-24-15)22-8-10-1-6-13-14(7-10)29-9-28-13/h1-7,15-16,22,24-26H,8-9H2,(H,23,27). The van der Waals surface area contributed by atoms with Gasteiger partial charge >= 0.3 is 6.36 Å². The molecular weight excluding hydrogens is 407 g/mol. The Morgan fingerprint density at radius 1 is 1.10 bits per heavy atom. The van der Waals surface area contributed by atoms with Crippen molar-refractivity contribution in [2.24, 2.45) is 0 Å². The number of carbonyl (C=O) groups is 1. The number of anilines is 1.